The molecule has 0 amide bonds. The number of imidazole rings is 1. The number of fused-ring (bicyclic) bond motifs is 3. The van der Waals surface area contributed by atoms with Crippen molar-refractivity contribution in [3.05, 3.63) is 29.7 Å². The number of hydrazine groups is 1. The maximum Gasteiger partial charge on any atom is 0.203 e. The molecule has 3 heterocycles. The minimum atomic E-state index is -0.240. The van der Waals surface area contributed by atoms with E-state index in [2.05, 4.69) is 22.3 Å². The maximum atomic E-state index is 5.50. The lowest BCUT2D eigenvalue weighted by atomic mass is 10.1. The van der Waals surface area contributed by atoms with Gasteiger partial charge in [-0.05, 0) is 18.6 Å². The fourth-order valence-corrected chi connectivity index (χ4v) is 3.41. The van der Waals surface area contributed by atoms with Crippen molar-refractivity contribution in [1.29, 1.82) is 0 Å². The van der Waals surface area contributed by atoms with Crippen LogP contribution < -0.4 is 19.6 Å². The molecule has 2 aliphatic heterocycles. The molecule has 9 heteroatoms. The van der Waals surface area contributed by atoms with Gasteiger partial charge in [0, 0.05) is 12.0 Å². The molecule has 1 atom stereocenters. The highest BCUT2D eigenvalue weighted by atomic mass is 16.5. The predicted molar refractivity (Wildman–Crippen MR) is 106 cm³/mol. The molecule has 4 rings (SSSR count). The number of nitrogens with zero attached hydrogens (tertiary/aromatic N) is 4. The summed E-state index contributed by atoms with van der Waals surface area (Å²) in [5.41, 5.74) is 5.09. The number of aromatic nitrogens is 2. The zero-order valence-electron chi connectivity index (χ0n) is 16.4. The maximum absolute atomic E-state index is 5.50. The Morgan fingerprint density at radius 3 is 2.50 bits per heavy atom. The number of hydrogen-bond acceptors (Lipinski definition) is 8. The van der Waals surface area contributed by atoms with Crippen molar-refractivity contribution in [2.24, 2.45) is 9.98 Å². The van der Waals surface area contributed by atoms with E-state index in [1.165, 1.54) is 0 Å². The highest BCUT2D eigenvalue weighted by Gasteiger charge is 2.37. The number of H-pyrrole nitrogens is 1. The highest BCUT2D eigenvalue weighted by Crippen LogP contribution is 2.41. The standard InChI is InChI=1S/C19H24N6O3/c1-5-6-7-14-22-19-15-17(21-10-20-15)23-18(25(19)24-14)11-8-12(26-2)16(28-4)13(9-11)27-3/h8-10,19H,5-7H2,1-4H3,(H,20,21)(H,22,24). The van der Waals surface area contributed by atoms with Gasteiger partial charge in [0.1, 0.15) is 11.5 Å². The molecule has 2 N–H and O–H groups in total. The molecule has 0 spiro atoms. The van der Waals surface area contributed by atoms with E-state index in [4.69, 9.17) is 24.2 Å². The number of aromatic amines is 1. The monoisotopic (exact) mass is 384 g/mol. The third-order valence-electron chi connectivity index (χ3n) is 4.81. The van der Waals surface area contributed by atoms with Gasteiger partial charge in [-0.15, -0.1) is 0 Å². The minimum Gasteiger partial charge on any atom is -0.493 e. The van der Waals surface area contributed by atoms with E-state index in [-0.39, 0.29) is 6.17 Å². The molecule has 0 saturated carbocycles. The molecule has 0 fully saturated rings. The van der Waals surface area contributed by atoms with E-state index in [1.54, 1.807) is 27.7 Å². The van der Waals surface area contributed by atoms with Gasteiger partial charge in [-0.25, -0.2) is 20.0 Å². The van der Waals surface area contributed by atoms with Crippen LogP contribution in [0.1, 0.15) is 43.6 Å². The van der Waals surface area contributed by atoms with Crippen LogP contribution in [0.25, 0.3) is 0 Å². The lowest BCUT2D eigenvalue weighted by Crippen LogP contribution is -2.44. The molecular weight excluding hydrogens is 360 g/mol. The normalized spacial score (nSPS) is 17.3. The van der Waals surface area contributed by atoms with Crippen LogP contribution in [0.4, 0.5) is 5.82 Å². The minimum absolute atomic E-state index is 0.240. The number of methoxy groups -OCH3 is 3. The number of amidine groups is 2. The average molecular weight is 384 g/mol. The first-order chi connectivity index (χ1) is 13.7. The predicted octanol–water partition coefficient (Wildman–Crippen LogP) is 2.93. The number of ether oxygens (including phenoxy) is 3. The number of rotatable bonds is 7. The van der Waals surface area contributed by atoms with Gasteiger partial charge in [0.15, 0.2) is 29.3 Å². The van der Waals surface area contributed by atoms with E-state index in [1.807, 2.05) is 17.1 Å². The van der Waals surface area contributed by atoms with Gasteiger partial charge in [0.25, 0.3) is 0 Å². The number of benzene rings is 1. The quantitative estimate of drug-likeness (QED) is 0.762. The van der Waals surface area contributed by atoms with Crippen LogP contribution in [-0.2, 0) is 0 Å². The number of hydrogen-bond donors (Lipinski definition) is 2. The molecule has 0 saturated heterocycles. The Kier molecular flexibility index (Phi) is 4.81. The molecule has 0 aliphatic carbocycles. The first-order valence-corrected chi connectivity index (χ1v) is 9.25. The fraction of sp³-hybridized carbons (Fsp3) is 0.421. The van der Waals surface area contributed by atoms with Gasteiger partial charge >= 0.3 is 0 Å². The van der Waals surface area contributed by atoms with Crippen LogP contribution >= 0.6 is 0 Å². The Hall–Kier alpha value is -3.23. The summed E-state index contributed by atoms with van der Waals surface area (Å²) in [4.78, 5) is 17.1. The van der Waals surface area contributed by atoms with Crippen LogP contribution in [0.15, 0.2) is 28.4 Å². The van der Waals surface area contributed by atoms with Crippen LogP contribution in [0.3, 0.4) is 0 Å². The second-order valence-electron chi connectivity index (χ2n) is 6.52. The average Bonchev–Trinajstić information content (AvgIpc) is 3.36. The number of unbranched alkanes of at least 4 members (excludes halogenated alkanes) is 1. The summed E-state index contributed by atoms with van der Waals surface area (Å²) in [6, 6.07) is 3.75. The lowest BCUT2D eigenvalue weighted by Gasteiger charge is -2.29. The molecule has 2 aromatic rings. The summed E-state index contributed by atoms with van der Waals surface area (Å²) >= 11 is 0. The fourth-order valence-electron chi connectivity index (χ4n) is 3.41. The summed E-state index contributed by atoms with van der Waals surface area (Å²) in [6.45, 7) is 2.17. The van der Waals surface area contributed by atoms with Crippen molar-refractivity contribution < 1.29 is 14.2 Å². The molecule has 148 valence electrons. The van der Waals surface area contributed by atoms with Gasteiger partial charge < -0.3 is 19.2 Å². The van der Waals surface area contributed by atoms with Gasteiger partial charge in [-0.1, -0.05) is 13.3 Å². The molecule has 1 unspecified atom stereocenters. The van der Waals surface area contributed by atoms with Crippen molar-refractivity contribution in [2.75, 3.05) is 21.3 Å². The Morgan fingerprint density at radius 2 is 1.86 bits per heavy atom. The van der Waals surface area contributed by atoms with Gasteiger partial charge in [-0.2, -0.15) is 0 Å². The Morgan fingerprint density at radius 1 is 1.11 bits per heavy atom. The molecular formula is C19H24N6O3. The molecule has 1 aromatic heterocycles. The first kappa shape index (κ1) is 18.1. The van der Waals surface area contributed by atoms with E-state index < -0.39 is 0 Å². The first-order valence-electron chi connectivity index (χ1n) is 9.25. The molecule has 9 nitrogen and oxygen atoms in total. The zero-order valence-corrected chi connectivity index (χ0v) is 16.4. The van der Waals surface area contributed by atoms with Gasteiger partial charge in [-0.3, -0.25) is 5.43 Å². The van der Waals surface area contributed by atoms with Crippen molar-refractivity contribution >= 4 is 17.5 Å². The second kappa shape index (κ2) is 7.41. The molecule has 1 aromatic carbocycles. The Labute approximate surface area is 163 Å². The molecule has 0 bridgehead atoms. The van der Waals surface area contributed by atoms with E-state index in [9.17, 15) is 0 Å². The van der Waals surface area contributed by atoms with Crippen LogP contribution in [0, 0.1) is 0 Å². The summed E-state index contributed by atoms with van der Waals surface area (Å²) in [5.74, 6) is 3.93. The van der Waals surface area contributed by atoms with E-state index in [0.29, 0.717) is 28.9 Å². The largest absolute Gasteiger partial charge is 0.493 e. The number of nitrogens with one attached hydrogen (secondary N) is 2. The van der Waals surface area contributed by atoms with E-state index in [0.717, 1.165) is 36.4 Å². The van der Waals surface area contributed by atoms with Crippen LogP contribution in [0.5, 0.6) is 17.2 Å². The topological polar surface area (TPSA) is 96.4 Å². The highest BCUT2D eigenvalue weighted by molar-refractivity contribution is 6.04. The Bertz CT molecular complexity index is 910. The molecule has 2 aliphatic rings. The summed E-state index contributed by atoms with van der Waals surface area (Å²) in [6.07, 6.45) is 4.46. The van der Waals surface area contributed by atoms with Crippen molar-refractivity contribution in [3.63, 3.8) is 0 Å². The van der Waals surface area contributed by atoms with Crippen molar-refractivity contribution in [3.8, 4) is 17.2 Å². The SMILES string of the molecule is CCCCC1=NC2c3[nH]cnc3N=C(c3cc(OC)c(OC)c(OC)c3)N2N1. The summed E-state index contributed by atoms with van der Waals surface area (Å²) in [7, 11) is 4.77. The summed E-state index contributed by atoms with van der Waals surface area (Å²) in [5, 5.41) is 1.95. The summed E-state index contributed by atoms with van der Waals surface area (Å²) < 4.78 is 16.4. The smallest absolute Gasteiger partial charge is 0.203 e. The lowest BCUT2D eigenvalue weighted by molar-refractivity contribution is 0.308. The van der Waals surface area contributed by atoms with Crippen LogP contribution in [-0.4, -0.2) is 48.0 Å². The zero-order chi connectivity index (χ0) is 19.7. The Balaban J connectivity index is 1.78. The number of aliphatic imine (C=N–C) groups is 2. The van der Waals surface area contributed by atoms with Crippen LogP contribution in [0.2, 0.25) is 0 Å². The molecule has 0 radical (unpaired) electrons. The van der Waals surface area contributed by atoms with Crippen molar-refractivity contribution in [2.45, 2.75) is 32.4 Å². The molecule has 28 heavy (non-hydrogen) atoms. The van der Waals surface area contributed by atoms with Crippen molar-refractivity contribution in [1.82, 2.24) is 20.4 Å². The third-order valence-corrected chi connectivity index (χ3v) is 4.81. The van der Waals surface area contributed by atoms with Gasteiger partial charge in [0.2, 0.25) is 5.75 Å². The van der Waals surface area contributed by atoms with E-state index >= 15 is 0 Å². The van der Waals surface area contributed by atoms with Gasteiger partial charge in [0.05, 0.1) is 27.7 Å². The second-order valence-corrected chi connectivity index (χ2v) is 6.52. The third kappa shape index (κ3) is 2.92.